The fraction of sp³-hybridized carbons (Fsp3) is 1.00. The van der Waals surface area contributed by atoms with Gasteiger partial charge >= 0.3 is 0 Å². The summed E-state index contributed by atoms with van der Waals surface area (Å²) in [5.74, 6) is 0.152. The van der Waals surface area contributed by atoms with E-state index in [-0.39, 0.29) is 11.5 Å². The van der Waals surface area contributed by atoms with E-state index in [0.717, 1.165) is 6.54 Å². The predicted octanol–water partition coefficient (Wildman–Crippen LogP) is 2.00. The second-order valence-corrected chi connectivity index (χ2v) is 6.01. The van der Waals surface area contributed by atoms with Crippen LogP contribution in [0.25, 0.3) is 0 Å². The number of hydrogen-bond donors (Lipinski definition) is 0. The van der Waals surface area contributed by atoms with Crippen LogP contribution in [0.1, 0.15) is 27.7 Å². The van der Waals surface area contributed by atoms with Crippen LogP contribution in [-0.4, -0.2) is 54.7 Å². The topological polar surface area (TPSA) is 6.48 Å². The molecule has 90 valence electrons. The van der Waals surface area contributed by atoms with Crippen LogP contribution in [-0.2, 0) is 0 Å². The second kappa shape index (κ2) is 4.38. The first-order chi connectivity index (χ1) is 6.73. The van der Waals surface area contributed by atoms with Gasteiger partial charge in [0, 0.05) is 30.6 Å². The van der Waals surface area contributed by atoms with Crippen molar-refractivity contribution in [1.82, 2.24) is 9.80 Å². The monoisotopic (exact) mass is 216 g/mol. The number of hydrogen-bond acceptors (Lipinski definition) is 2. The number of rotatable bonds is 2. The first-order valence-corrected chi connectivity index (χ1v) is 5.79. The SMILES string of the molecule is C[C@@H]1[C@@H](CN(C)C)[C@@H](F)CN1C(C)(C)C. The van der Waals surface area contributed by atoms with Gasteiger partial charge in [-0.1, -0.05) is 0 Å². The van der Waals surface area contributed by atoms with Crippen LogP contribution in [0.4, 0.5) is 4.39 Å². The van der Waals surface area contributed by atoms with Gasteiger partial charge in [-0.15, -0.1) is 0 Å². The van der Waals surface area contributed by atoms with Crippen LogP contribution in [0.15, 0.2) is 0 Å². The van der Waals surface area contributed by atoms with Crippen molar-refractivity contribution in [2.45, 2.75) is 45.4 Å². The molecule has 0 amide bonds. The molecule has 0 saturated carbocycles. The zero-order valence-electron chi connectivity index (χ0n) is 10.9. The lowest BCUT2D eigenvalue weighted by atomic mass is 9.98. The van der Waals surface area contributed by atoms with Gasteiger partial charge in [-0.3, -0.25) is 4.90 Å². The summed E-state index contributed by atoms with van der Waals surface area (Å²) in [6.45, 7) is 10.1. The van der Waals surface area contributed by atoms with E-state index in [4.69, 9.17) is 0 Å². The quantitative estimate of drug-likeness (QED) is 0.696. The lowest BCUT2D eigenvalue weighted by Crippen LogP contribution is -2.45. The summed E-state index contributed by atoms with van der Waals surface area (Å²) in [5.41, 5.74) is 0.0742. The first kappa shape index (κ1) is 12.9. The van der Waals surface area contributed by atoms with Crippen molar-refractivity contribution >= 4 is 0 Å². The van der Waals surface area contributed by atoms with Gasteiger partial charge < -0.3 is 4.90 Å². The van der Waals surface area contributed by atoms with Gasteiger partial charge in [0.1, 0.15) is 6.17 Å². The highest BCUT2D eigenvalue weighted by atomic mass is 19.1. The van der Waals surface area contributed by atoms with Crippen molar-refractivity contribution in [3.63, 3.8) is 0 Å². The molecular weight excluding hydrogens is 191 g/mol. The standard InChI is InChI=1S/C12H25FN2/c1-9-10(7-14(5)6)11(13)8-15(9)12(2,3)4/h9-11H,7-8H2,1-6H3/t9-,10-,11+/m1/s1. The minimum absolute atomic E-state index is 0.0742. The molecule has 3 atom stereocenters. The van der Waals surface area contributed by atoms with E-state index in [2.05, 4.69) is 37.5 Å². The molecule has 15 heavy (non-hydrogen) atoms. The number of likely N-dealkylation sites (tertiary alicyclic amines) is 1. The molecule has 1 aliphatic heterocycles. The Morgan fingerprint density at radius 2 is 1.87 bits per heavy atom. The lowest BCUT2D eigenvalue weighted by molar-refractivity contribution is 0.111. The fourth-order valence-corrected chi connectivity index (χ4v) is 2.60. The van der Waals surface area contributed by atoms with Crippen molar-refractivity contribution in [3.05, 3.63) is 0 Å². The minimum Gasteiger partial charge on any atom is -0.309 e. The summed E-state index contributed by atoms with van der Waals surface area (Å²) in [7, 11) is 4.03. The van der Waals surface area contributed by atoms with Gasteiger partial charge in [0.25, 0.3) is 0 Å². The van der Waals surface area contributed by atoms with E-state index in [1.165, 1.54) is 0 Å². The summed E-state index contributed by atoms with van der Waals surface area (Å²) in [5, 5.41) is 0. The fourth-order valence-electron chi connectivity index (χ4n) is 2.60. The molecule has 0 aliphatic carbocycles. The molecule has 0 aromatic carbocycles. The van der Waals surface area contributed by atoms with Gasteiger partial charge in [-0.25, -0.2) is 4.39 Å². The summed E-state index contributed by atoms with van der Waals surface area (Å²) < 4.78 is 13.9. The molecule has 1 fully saturated rings. The molecule has 0 aromatic rings. The summed E-state index contributed by atoms with van der Waals surface area (Å²) in [4.78, 5) is 4.37. The maximum Gasteiger partial charge on any atom is 0.118 e. The van der Waals surface area contributed by atoms with Crippen LogP contribution in [0.2, 0.25) is 0 Å². The third kappa shape index (κ3) is 2.91. The molecule has 0 N–H and O–H groups in total. The summed E-state index contributed by atoms with van der Waals surface area (Å²) >= 11 is 0. The largest absolute Gasteiger partial charge is 0.309 e. The van der Waals surface area contributed by atoms with Crippen LogP contribution >= 0.6 is 0 Å². The van der Waals surface area contributed by atoms with Crippen molar-refractivity contribution in [1.29, 1.82) is 0 Å². The molecule has 0 spiro atoms. The van der Waals surface area contributed by atoms with Gasteiger partial charge in [-0.2, -0.15) is 0 Å². The molecule has 1 rings (SSSR count). The third-order valence-electron chi connectivity index (χ3n) is 3.38. The summed E-state index contributed by atoms with van der Waals surface area (Å²) in [6.07, 6.45) is -0.679. The Labute approximate surface area is 93.4 Å². The molecule has 2 nitrogen and oxygen atoms in total. The van der Waals surface area contributed by atoms with E-state index < -0.39 is 6.17 Å². The molecular formula is C12H25FN2. The highest BCUT2D eigenvalue weighted by Gasteiger charge is 2.43. The van der Waals surface area contributed by atoms with Crippen molar-refractivity contribution < 1.29 is 4.39 Å². The zero-order valence-corrected chi connectivity index (χ0v) is 10.9. The normalized spacial score (nSPS) is 34.0. The highest BCUT2D eigenvalue weighted by molar-refractivity contribution is 4.96. The minimum atomic E-state index is -0.679. The molecule has 1 saturated heterocycles. The maximum atomic E-state index is 13.9. The molecule has 0 unspecified atom stereocenters. The Morgan fingerprint density at radius 1 is 1.33 bits per heavy atom. The molecule has 1 aliphatic rings. The van der Waals surface area contributed by atoms with Gasteiger partial charge in [0.2, 0.25) is 0 Å². The van der Waals surface area contributed by atoms with E-state index in [1.54, 1.807) is 0 Å². The first-order valence-electron chi connectivity index (χ1n) is 5.79. The molecule has 0 bridgehead atoms. The smallest absolute Gasteiger partial charge is 0.118 e. The van der Waals surface area contributed by atoms with E-state index in [9.17, 15) is 4.39 Å². The maximum absolute atomic E-state index is 13.9. The van der Waals surface area contributed by atoms with E-state index in [0.29, 0.717) is 12.6 Å². The Hall–Kier alpha value is -0.150. The van der Waals surface area contributed by atoms with Crippen molar-refractivity contribution in [2.75, 3.05) is 27.2 Å². The second-order valence-electron chi connectivity index (χ2n) is 6.01. The van der Waals surface area contributed by atoms with Gasteiger partial charge in [0.05, 0.1) is 0 Å². The molecule has 0 radical (unpaired) electrons. The predicted molar refractivity (Wildman–Crippen MR) is 62.9 cm³/mol. The van der Waals surface area contributed by atoms with Crippen LogP contribution in [0, 0.1) is 5.92 Å². The van der Waals surface area contributed by atoms with Crippen LogP contribution in [0.3, 0.4) is 0 Å². The average molecular weight is 216 g/mol. The Bertz CT molecular complexity index is 210. The Kier molecular flexibility index (Phi) is 3.77. The van der Waals surface area contributed by atoms with Gasteiger partial charge in [0.15, 0.2) is 0 Å². The lowest BCUT2D eigenvalue weighted by Gasteiger charge is -2.36. The highest BCUT2D eigenvalue weighted by Crippen LogP contribution is 2.32. The molecule has 1 heterocycles. The Morgan fingerprint density at radius 3 is 2.20 bits per heavy atom. The van der Waals surface area contributed by atoms with Gasteiger partial charge in [-0.05, 0) is 41.8 Å². The van der Waals surface area contributed by atoms with Crippen molar-refractivity contribution in [3.8, 4) is 0 Å². The van der Waals surface area contributed by atoms with Crippen molar-refractivity contribution in [2.24, 2.45) is 5.92 Å². The van der Waals surface area contributed by atoms with Crippen LogP contribution in [0.5, 0.6) is 0 Å². The molecule has 3 heteroatoms. The average Bonchev–Trinajstić information content (AvgIpc) is 2.30. The summed E-state index contributed by atoms with van der Waals surface area (Å²) in [6, 6.07) is 0.336. The Balaban J connectivity index is 2.70. The van der Waals surface area contributed by atoms with Crippen LogP contribution < -0.4 is 0 Å². The number of nitrogens with zero attached hydrogens (tertiary/aromatic N) is 2. The number of alkyl halides is 1. The number of halogens is 1. The third-order valence-corrected chi connectivity index (χ3v) is 3.38. The zero-order chi connectivity index (χ0) is 11.8. The molecule has 0 aromatic heterocycles. The van der Waals surface area contributed by atoms with E-state index in [1.807, 2.05) is 14.1 Å². The van der Waals surface area contributed by atoms with E-state index >= 15 is 0 Å².